The van der Waals surface area contributed by atoms with E-state index in [1.165, 1.54) is 13.2 Å². The molecule has 0 saturated heterocycles. The van der Waals surface area contributed by atoms with E-state index in [0.717, 1.165) is 11.6 Å². The molecule has 0 aliphatic heterocycles. The second-order valence-electron chi connectivity index (χ2n) is 2.79. The molecular weight excluding hydrogens is 196 g/mol. The van der Waals surface area contributed by atoms with Gasteiger partial charge in [-0.2, -0.15) is 0 Å². The Balaban J connectivity index is 2.69. The number of ether oxygens (including phenoxy) is 2. The summed E-state index contributed by atoms with van der Waals surface area (Å²) >= 11 is 0. The fourth-order valence-electron chi connectivity index (χ4n) is 1.00. The van der Waals surface area contributed by atoms with E-state index in [2.05, 4.69) is 0 Å². The largest absolute Gasteiger partial charge is 0.478 e. The number of benzene rings is 1. The molecule has 0 heterocycles. The van der Waals surface area contributed by atoms with Gasteiger partial charge >= 0.3 is 5.97 Å². The predicted octanol–water partition coefficient (Wildman–Crippen LogP) is 1.77. The summed E-state index contributed by atoms with van der Waals surface area (Å²) < 4.78 is 9.95. The Morgan fingerprint density at radius 2 is 2.33 bits per heavy atom. The quantitative estimate of drug-likeness (QED) is 0.591. The molecule has 1 aromatic carbocycles. The normalized spacial score (nSPS) is 10.5. The molecule has 0 unspecified atom stereocenters. The molecule has 80 valence electrons. The summed E-state index contributed by atoms with van der Waals surface area (Å²) in [4.78, 5) is 10.3. The molecule has 1 N–H and O–H groups in total. The number of rotatable bonds is 5. The number of carboxylic acid groups (broad SMARTS) is 1. The Labute approximate surface area is 87.7 Å². The number of hydrogen-bond donors (Lipinski definition) is 1. The van der Waals surface area contributed by atoms with Gasteiger partial charge in [-0.25, -0.2) is 4.79 Å². The van der Waals surface area contributed by atoms with E-state index in [9.17, 15) is 4.79 Å². The first-order valence-corrected chi connectivity index (χ1v) is 4.35. The average Bonchev–Trinajstić information content (AvgIpc) is 2.24. The lowest BCUT2D eigenvalue weighted by Crippen LogP contribution is -1.98. The topological polar surface area (TPSA) is 55.8 Å². The number of carbonyl (C=O) groups is 1. The van der Waals surface area contributed by atoms with Gasteiger partial charge in [-0.1, -0.05) is 12.1 Å². The highest BCUT2D eigenvalue weighted by molar-refractivity contribution is 5.85. The summed E-state index contributed by atoms with van der Waals surface area (Å²) in [7, 11) is 1.54. The molecule has 0 aliphatic rings. The minimum atomic E-state index is -0.974. The maximum Gasteiger partial charge on any atom is 0.328 e. The van der Waals surface area contributed by atoms with Gasteiger partial charge in [-0.15, -0.1) is 0 Å². The molecule has 0 radical (unpaired) electrons. The zero-order valence-corrected chi connectivity index (χ0v) is 8.34. The van der Waals surface area contributed by atoms with Gasteiger partial charge in [0, 0.05) is 13.2 Å². The number of methoxy groups -OCH3 is 1. The monoisotopic (exact) mass is 208 g/mol. The van der Waals surface area contributed by atoms with E-state index in [-0.39, 0.29) is 6.79 Å². The van der Waals surface area contributed by atoms with E-state index in [1.54, 1.807) is 24.3 Å². The van der Waals surface area contributed by atoms with Gasteiger partial charge in [-0.3, -0.25) is 0 Å². The fraction of sp³-hybridized carbons (Fsp3) is 0.182. The van der Waals surface area contributed by atoms with Gasteiger partial charge in [-0.05, 0) is 23.8 Å². The summed E-state index contributed by atoms with van der Waals surface area (Å²) in [5, 5.41) is 8.45. The Kier molecular flexibility index (Phi) is 4.37. The highest BCUT2D eigenvalue weighted by atomic mass is 16.7. The SMILES string of the molecule is COCOc1cccc(C=CC(=O)O)c1. The van der Waals surface area contributed by atoms with Crippen LogP contribution in [0.3, 0.4) is 0 Å². The summed E-state index contributed by atoms with van der Waals surface area (Å²) in [5.74, 6) is -0.331. The van der Waals surface area contributed by atoms with Crippen LogP contribution in [0.2, 0.25) is 0 Å². The van der Waals surface area contributed by atoms with Gasteiger partial charge in [0.25, 0.3) is 0 Å². The Morgan fingerprint density at radius 1 is 1.53 bits per heavy atom. The lowest BCUT2D eigenvalue weighted by atomic mass is 10.2. The highest BCUT2D eigenvalue weighted by Crippen LogP contribution is 2.14. The third-order valence-corrected chi connectivity index (χ3v) is 1.62. The van der Waals surface area contributed by atoms with Crippen molar-refractivity contribution in [1.29, 1.82) is 0 Å². The third-order valence-electron chi connectivity index (χ3n) is 1.62. The second-order valence-corrected chi connectivity index (χ2v) is 2.79. The van der Waals surface area contributed by atoms with E-state index >= 15 is 0 Å². The van der Waals surface area contributed by atoms with Gasteiger partial charge in [0.05, 0.1) is 0 Å². The molecule has 1 rings (SSSR count). The molecule has 15 heavy (non-hydrogen) atoms. The lowest BCUT2D eigenvalue weighted by molar-refractivity contribution is -0.131. The van der Waals surface area contributed by atoms with Crippen LogP contribution in [0.1, 0.15) is 5.56 Å². The Hall–Kier alpha value is -1.81. The van der Waals surface area contributed by atoms with Crippen LogP contribution in [-0.4, -0.2) is 25.0 Å². The van der Waals surface area contributed by atoms with Crippen molar-refractivity contribution in [1.82, 2.24) is 0 Å². The molecule has 0 saturated carbocycles. The summed E-state index contributed by atoms with van der Waals surface area (Å²) in [6, 6.07) is 7.08. The van der Waals surface area contributed by atoms with Gasteiger partial charge in [0.15, 0.2) is 6.79 Å². The zero-order valence-electron chi connectivity index (χ0n) is 8.34. The number of carboxylic acids is 1. The molecule has 0 aromatic heterocycles. The second kappa shape index (κ2) is 5.82. The van der Waals surface area contributed by atoms with Crippen molar-refractivity contribution < 1.29 is 19.4 Å². The van der Waals surface area contributed by atoms with Crippen molar-refractivity contribution in [3.63, 3.8) is 0 Å². The summed E-state index contributed by atoms with van der Waals surface area (Å²) in [6.07, 6.45) is 2.58. The first-order chi connectivity index (χ1) is 7.22. The molecule has 0 bridgehead atoms. The van der Waals surface area contributed by atoms with E-state index in [0.29, 0.717) is 5.75 Å². The molecule has 1 aromatic rings. The first-order valence-electron chi connectivity index (χ1n) is 4.35. The van der Waals surface area contributed by atoms with Crippen LogP contribution in [0.15, 0.2) is 30.3 Å². The first kappa shape index (κ1) is 11.3. The van der Waals surface area contributed by atoms with Crippen molar-refractivity contribution in [2.75, 3.05) is 13.9 Å². The lowest BCUT2D eigenvalue weighted by Gasteiger charge is -2.04. The summed E-state index contributed by atoms with van der Waals surface area (Å²) in [5.41, 5.74) is 0.769. The average molecular weight is 208 g/mol. The van der Waals surface area contributed by atoms with Crippen molar-refractivity contribution in [2.45, 2.75) is 0 Å². The minimum absolute atomic E-state index is 0.173. The van der Waals surface area contributed by atoms with Crippen LogP contribution in [0.5, 0.6) is 5.75 Å². The van der Waals surface area contributed by atoms with E-state index in [4.69, 9.17) is 14.6 Å². The zero-order chi connectivity index (χ0) is 11.1. The maximum absolute atomic E-state index is 10.3. The molecular formula is C11H12O4. The van der Waals surface area contributed by atoms with E-state index < -0.39 is 5.97 Å². The van der Waals surface area contributed by atoms with Gasteiger partial charge in [0.1, 0.15) is 5.75 Å². The molecule has 0 fully saturated rings. The minimum Gasteiger partial charge on any atom is -0.478 e. The molecule has 4 nitrogen and oxygen atoms in total. The molecule has 0 spiro atoms. The van der Waals surface area contributed by atoms with Crippen LogP contribution in [-0.2, 0) is 9.53 Å². The van der Waals surface area contributed by atoms with Crippen molar-refractivity contribution in [3.8, 4) is 5.75 Å². The highest BCUT2D eigenvalue weighted by Gasteiger charge is 1.94. The van der Waals surface area contributed by atoms with Crippen molar-refractivity contribution in [3.05, 3.63) is 35.9 Å². The molecule has 0 amide bonds. The van der Waals surface area contributed by atoms with Crippen molar-refractivity contribution >= 4 is 12.0 Å². The van der Waals surface area contributed by atoms with Crippen LogP contribution < -0.4 is 4.74 Å². The molecule has 4 heteroatoms. The van der Waals surface area contributed by atoms with Gasteiger partial charge in [0.2, 0.25) is 0 Å². The van der Waals surface area contributed by atoms with Gasteiger partial charge < -0.3 is 14.6 Å². The van der Waals surface area contributed by atoms with Crippen LogP contribution in [0.4, 0.5) is 0 Å². The molecule has 0 aliphatic carbocycles. The molecule has 0 atom stereocenters. The van der Waals surface area contributed by atoms with E-state index in [1.807, 2.05) is 0 Å². The van der Waals surface area contributed by atoms with Crippen LogP contribution >= 0.6 is 0 Å². The maximum atomic E-state index is 10.3. The third kappa shape index (κ3) is 4.28. The number of aliphatic carboxylic acids is 1. The van der Waals surface area contributed by atoms with Crippen molar-refractivity contribution in [2.24, 2.45) is 0 Å². The predicted molar refractivity (Wildman–Crippen MR) is 55.6 cm³/mol. The van der Waals surface area contributed by atoms with Crippen LogP contribution in [0.25, 0.3) is 6.08 Å². The number of hydrogen-bond acceptors (Lipinski definition) is 3. The smallest absolute Gasteiger partial charge is 0.328 e. The Morgan fingerprint density at radius 3 is 3.00 bits per heavy atom. The Bertz CT molecular complexity index is 357. The summed E-state index contributed by atoms with van der Waals surface area (Å²) in [6.45, 7) is 0.173. The van der Waals surface area contributed by atoms with Crippen LogP contribution in [0, 0.1) is 0 Å². The standard InChI is InChI=1S/C11H12O4/c1-14-8-15-10-4-2-3-9(7-10)5-6-11(12)13/h2-7H,8H2,1H3,(H,12,13). The fourth-order valence-corrected chi connectivity index (χ4v) is 1.00.